The van der Waals surface area contributed by atoms with Crippen LogP contribution in [0.1, 0.15) is 67.7 Å². The second kappa shape index (κ2) is 8.90. The van der Waals surface area contributed by atoms with Gasteiger partial charge in [-0.1, -0.05) is 34.1 Å². The summed E-state index contributed by atoms with van der Waals surface area (Å²) in [6, 6.07) is 0. The van der Waals surface area contributed by atoms with Crippen molar-refractivity contribution in [1.82, 2.24) is 4.90 Å². The van der Waals surface area contributed by atoms with Gasteiger partial charge in [-0.15, -0.1) is 0 Å². The van der Waals surface area contributed by atoms with E-state index in [0.29, 0.717) is 23.7 Å². The quantitative estimate of drug-likeness (QED) is 0.699. The summed E-state index contributed by atoms with van der Waals surface area (Å²) in [6.45, 7) is 16.9. The molecule has 1 heterocycles. The van der Waals surface area contributed by atoms with Crippen LogP contribution in [0.5, 0.6) is 0 Å². The van der Waals surface area contributed by atoms with Crippen molar-refractivity contribution in [2.24, 2.45) is 23.7 Å². The molecule has 0 aliphatic carbocycles. The summed E-state index contributed by atoms with van der Waals surface area (Å²) in [5.41, 5.74) is 0. The van der Waals surface area contributed by atoms with Gasteiger partial charge in [-0.05, 0) is 51.4 Å². The van der Waals surface area contributed by atoms with Crippen molar-refractivity contribution in [1.29, 1.82) is 0 Å². The van der Waals surface area contributed by atoms with Gasteiger partial charge in [-0.25, -0.2) is 0 Å². The van der Waals surface area contributed by atoms with Crippen LogP contribution in [0, 0.1) is 23.7 Å². The molecule has 0 saturated carbocycles. The normalized spacial score (nSPS) is 28.5. The minimum atomic E-state index is 0.150. The van der Waals surface area contributed by atoms with Crippen LogP contribution in [-0.2, 0) is 9.53 Å². The van der Waals surface area contributed by atoms with E-state index in [0.717, 1.165) is 32.4 Å². The van der Waals surface area contributed by atoms with Crippen LogP contribution in [-0.4, -0.2) is 36.1 Å². The van der Waals surface area contributed by atoms with Crippen LogP contribution in [0.2, 0.25) is 0 Å². The fourth-order valence-electron chi connectivity index (χ4n) is 3.94. The first-order valence-corrected chi connectivity index (χ1v) is 9.24. The lowest BCUT2D eigenvalue weighted by Gasteiger charge is -2.40. The van der Waals surface area contributed by atoms with E-state index in [1.807, 2.05) is 0 Å². The highest BCUT2D eigenvalue weighted by Gasteiger charge is 2.38. The van der Waals surface area contributed by atoms with Crippen molar-refractivity contribution in [3.8, 4) is 0 Å². The zero-order chi connectivity index (χ0) is 16.9. The molecule has 3 heteroatoms. The van der Waals surface area contributed by atoms with Gasteiger partial charge in [0.05, 0.1) is 12.2 Å². The minimum absolute atomic E-state index is 0.150. The van der Waals surface area contributed by atoms with Gasteiger partial charge in [-0.2, -0.15) is 0 Å². The van der Waals surface area contributed by atoms with Crippen molar-refractivity contribution in [2.45, 2.75) is 79.9 Å². The Morgan fingerprint density at radius 2 is 1.68 bits per heavy atom. The lowest BCUT2D eigenvalue weighted by Crippen LogP contribution is -2.46. The second-order valence-corrected chi connectivity index (χ2v) is 7.67. The molecule has 1 fully saturated rings. The molecule has 0 radical (unpaired) electrons. The molecule has 1 amide bonds. The molecule has 1 aliphatic heterocycles. The van der Waals surface area contributed by atoms with E-state index in [-0.39, 0.29) is 18.1 Å². The van der Waals surface area contributed by atoms with E-state index in [4.69, 9.17) is 4.74 Å². The van der Waals surface area contributed by atoms with Crippen molar-refractivity contribution in [3.05, 3.63) is 0 Å². The van der Waals surface area contributed by atoms with Gasteiger partial charge in [0, 0.05) is 19.0 Å². The Morgan fingerprint density at radius 3 is 2.09 bits per heavy atom. The second-order valence-electron chi connectivity index (χ2n) is 7.67. The number of ether oxygens (including phenoxy) is 1. The zero-order valence-electron chi connectivity index (χ0n) is 15.8. The van der Waals surface area contributed by atoms with E-state index >= 15 is 0 Å². The number of carbonyl (C=O) groups is 1. The molecule has 1 saturated heterocycles. The minimum Gasteiger partial charge on any atom is -0.376 e. The highest BCUT2D eigenvalue weighted by Crippen LogP contribution is 2.36. The average molecular weight is 312 g/mol. The monoisotopic (exact) mass is 311 g/mol. The summed E-state index contributed by atoms with van der Waals surface area (Å²) in [5, 5.41) is 0. The molecular weight excluding hydrogens is 274 g/mol. The molecule has 1 aliphatic rings. The Morgan fingerprint density at radius 1 is 1.14 bits per heavy atom. The number of nitrogens with zero attached hydrogens (tertiary/aromatic N) is 1. The van der Waals surface area contributed by atoms with Gasteiger partial charge >= 0.3 is 0 Å². The maximum atomic E-state index is 13.2. The Labute approximate surface area is 137 Å². The Hall–Kier alpha value is -0.570. The predicted molar refractivity (Wildman–Crippen MR) is 92.8 cm³/mol. The Bertz CT molecular complexity index is 332. The van der Waals surface area contributed by atoms with Gasteiger partial charge in [0.2, 0.25) is 5.91 Å². The van der Waals surface area contributed by atoms with Crippen LogP contribution in [0.25, 0.3) is 0 Å². The molecule has 22 heavy (non-hydrogen) atoms. The highest BCUT2D eigenvalue weighted by molar-refractivity contribution is 5.79. The van der Waals surface area contributed by atoms with Crippen LogP contribution >= 0.6 is 0 Å². The number of amides is 1. The van der Waals surface area contributed by atoms with Gasteiger partial charge in [-0.3, -0.25) is 4.79 Å². The first-order valence-electron chi connectivity index (χ1n) is 9.24. The first kappa shape index (κ1) is 19.5. The van der Waals surface area contributed by atoms with E-state index in [2.05, 4.69) is 53.4 Å². The fraction of sp³-hybridized carbons (Fsp3) is 0.947. The molecule has 0 aromatic rings. The summed E-state index contributed by atoms with van der Waals surface area (Å²) in [5.74, 6) is 1.95. The third-order valence-electron chi connectivity index (χ3n) is 5.06. The topological polar surface area (TPSA) is 29.5 Å². The molecule has 1 rings (SSSR count). The fourth-order valence-corrected chi connectivity index (χ4v) is 3.94. The SMILES string of the molecule is CCC(C)C(C(=O)N(CC)CC(C)C)C1CC(C)OC(C)C1. The van der Waals surface area contributed by atoms with Gasteiger partial charge in [0.15, 0.2) is 0 Å². The number of hydrogen-bond acceptors (Lipinski definition) is 2. The summed E-state index contributed by atoms with van der Waals surface area (Å²) >= 11 is 0. The predicted octanol–water partition coefficient (Wildman–Crippen LogP) is 4.36. The standard InChI is InChI=1S/C19H37NO2/c1-8-14(5)18(17-10-15(6)22-16(7)11-17)19(21)20(9-2)12-13(3)4/h13-18H,8-12H2,1-7H3. The third kappa shape index (κ3) is 5.26. The first-order chi connectivity index (χ1) is 10.3. The molecule has 0 aromatic heterocycles. The molecule has 0 aromatic carbocycles. The maximum absolute atomic E-state index is 13.2. The van der Waals surface area contributed by atoms with Crippen LogP contribution in [0.3, 0.4) is 0 Å². The Balaban J connectivity index is 2.93. The summed E-state index contributed by atoms with van der Waals surface area (Å²) in [6.07, 6.45) is 3.64. The van der Waals surface area contributed by atoms with Gasteiger partial charge < -0.3 is 9.64 Å². The zero-order valence-corrected chi connectivity index (χ0v) is 15.8. The molecule has 0 spiro atoms. The maximum Gasteiger partial charge on any atom is 0.226 e. The van der Waals surface area contributed by atoms with Crippen LogP contribution in [0.4, 0.5) is 0 Å². The third-order valence-corrected chi connectivity index (χ3v) is 5.06. The summed E-state index contributed by atoms with van der Waals surface area (Å²) in [7, 11) is 0. The van der Waals surface area contributed by atoms with Crippen molar-refractivity contribution < 1.29 is 9.53 Å². The molecule has 4 atom stereocenters. The largest absolute Gasteiger partial charge is 0.376 e. The average Bonchev–Trinajstić information content (AvgIpc) is 2.43. The molecule has 3 nitrogen and oxygen atoms in total. The number of rotatable bonds is 7. The lowest BCUT2D eigenvalue weighted by atomic mass is 9.74. The molecule has 0 N–H and O–H groups in total. The van der Waals surface area contributed by atoms with E-state index < -0.39 is 0 Å². The van der Waals surface area contributed by atoms with Crippen molar-refractivity contribution in [3.63, 3.8) is 0 Å². The molecule has 130 valence electrons. The van der Waals surface area contributed by atoms with Gasteiger partial charge in [0.1, 0.15) is 0 Å². The Kier molecular flexibility index (Phi) is 7.88. The lowest BCUT2D eigenvalue weighted by molar-refractivity contribution is -0.144. The summed E-state index contributed by atoms with van der Waals surface area (Å²) in [4.78, 5) is 15.3. The van der Waals surface area contributed by atoms with Crippen molar-refractivity contribution in [2.75, 3.05) is 13.1 Å². The number of carbonyl (C=O) groups excluding carboxylic acids is 1. The van der Waals surface area contributed by atoms with E-state index in [1.54, 1.807) is 0 Å². The summed E-state index contributed by atoms with van der Waals surface area (Å²) < 4.78 is 5.89. The van der Waals surface area contributed by atoms with Crippen LogP contribution < -0.4 is 0 Å². The van der Waals surface area contributed by atoms with E-state index in [1.165, 1.54) is 0 Å². The number of hydrogen-bond donors (Lipinski definition) is 0. The molecule has 4 unspecified atom stereocenters. The highest BCUT2D eigenvalue weighted by atomic mass is 16.5. The van der Waals surface area contributed by atoms with Gasteiger partial charge in [0.25, 0.3) is 0 Å². The van der Waals surface area contributed by atoms with Crippen molar-refractivity contribution >= 4 is 5.91 Å². The molecular formula is C19H37NO2. The van der Waals surface area contributed by atoms with E-state index in [9.17, 15) is 4.79 Å². The smallest absolute Gasteiger partial charge is 0.226 e. The molecule has 0 bridgehead atoms. The van der Waals surface area contributed by atoms with Crippen LogP contribution in [0.15, 0.2) is 0 Å².